The van der Waals surface area contributed by atoms with E-state index in [2.05, 4.69) is 0 Å². The van der Waals surface area contributed by atoms with Crippen LogP contribution < -0.4 is 0 Å². The molecule has 4 aromatic rings. The SMILES string of the molecule is CC(O)CN(C(=O)OC(C)(C)C)C(C)Cc1ccc2c(c1)cc(C(=O)OCc1ccccc1)n2Cc1ccc([N+](=O)[O-])cc1. The molecule has 0 saturated carbocycles. The van der Waals surface area contributed by atoms with Gasteiger partial charge in [0.2, 0.25) is 0 Å². The van der Waals surface area contributed by atoms with Gasteiger partial charge in [0.1, 0.15) is 17.9 Å². The van der Waals surface area contributed by atoms with Gasteiger partial charge in [0.15, 0.2) is 0 Å². The number of carbonyl (C=O) groups is 2. The number of nitrogens with zero attached hydrogens (tertiary/aromatic N) is 3. The third-order valence-electron chi connectivity index (χ3n) is 7.03. The van der Waals surface area contributed by atoms with Crippen LogP contribution in [0, 0.1) is 10.1 Å². The summed E-state index contributed by atoms with van der Waals surface area (Å²) in [5.41, 5.74) is 3.04. The van der Waals surface area contributed by atoms with Crippen LogP contribution in [0.2, 0.25) is 0 Å². The minimum atomic E-state index is -0.731. The molecule has 232 valence electrons. The summed E-state index contributed by atoms with van der Waals surface area (Å²) in [5.74, 6) is -0.491. The van der Waals surface area contributed by atoms with Crippen molar-refractivity contribution in [2.24, 2.45) is 0 Å². The molecule has 1 N–H and O–H groups in total. The molecule has 1 amide bonds. The van der Waals surface area contributed by atoms with Crippen molar-refractivity contribution in [3.63, 3.8) is 0 Å². The highest BCUT2D eigenvalue weighted by molar-refractivity contribution is 5.96. The van der Waals surface area contributed by atoms with Crippen molar-refractivity contribution in [3.8, 4) is 0 Å². The van der Waals surface area contributed by atoms with Crippen LogP contribution in [0.25, 0.3) is 10.9 Å². The Labute approximate surface area is 257 Å². The fraction of sp³-hybridized carbons (Fsp3) is 0.353. The van der Waals surface area contributed by atoms with Crippen molar-refractivity contribution in [1.82, 2.24) is 9.47 Å². The number of aliphatic hydroxyl groups excluding tert-OH is 1. The first-order valence-corrected chi connectivity index (χ1v) is 14.5. The van der Waals surface area contributed by atoms with E-state index in [-0.39, 0.29) is 24.9 Å². The van der Waals surface area contributed by atoms with Crippen molar-refractivity contribution in [1.29, 1.82) is 0 Å². The van der Waals surface area contributed by atoms with Crippen LogP contribution in [0.15, 0.2) is 78.9 Å². The second-order valence-corrected chi connectivity index (χ2v) is 12.0. The number of esters is 1. The minimum Gasteiger partial charge on any atom is -0.456 e. The highest BCUT2D eigenvalue weighted by Crippen LogP contribution is 2.26. The molecule has 0 aliphatic carbocycles. The lowest BCUT2D eigenvalue weighted by Gasteiger charge is -2.32. The highest BCUT2D eigenvalue weighted by Gasteiger charge is 2.27. The molecule has 0 aliphatic rings. The molecule has 0 radical (unpaired) electrons. The average molecular weight is 602 g/mol. The third-order valence-corrected chi connectivity index (χ3v) is 7.03. The summed E-state index contributed by atoms with van der Waals surface area (Å²) in [6, 6.07) is 23.0. The lowest BCUT2D eigenvalue weighted by Crippen LogP contribution is -2.46. The summed E-state index contributed by atoms with van der Waals surface area (Å²) in [4.78, 5) is 38.5. The van der Waals surface area contributed by atoms with Gasteiger partial charge in [0, 0.05) is 42.2 Å². The molecular formula is C34H39N3O7. The van der Waals surface area contributed by atoms with Crippen LogP contribution in [0.4, 0.5) is 10.5 Å². The number of benzene rings is 3. The van der Waals surface area contributed by atoms with Gasteiger partial charge in [-0.1, -0.05) is 48.5 Å². The second-order valence-electron chi connectivity index (χ2n) is 12.0. The predicted molar refractivity (Wildman–Crippen MR) is 167 cm³/mol. The molecule has 0 bridgehead atoms. The van der Waals surface area contributed by atoms with Gasteiger partial charge in [-0.15, -0.1) is 0 Å². The number of aromatic nitrogens is 1. The Morgan fingerprint density at radius 2 is 1.61 bits per heavy atom. The maximum atomic E-state index is 13.4. The Kier molecular flexibility index (Phi) is 10.1. The van der Waals surface area contributed by atoms with Gasteiger partial charge in [0.05, 0.1) is 11.0 Å². The van der Waals surface area contributed by atoms with E-state index in [1.165, 1.54) is 17.0 Å². The molecule has 0 aliphatic heterocycles. The van der Waals surface area contributed by atoms with E-state index in [1.54, 1.807) is 45.9 Å². The number of nitro groups is 1. The molecule has 2 unspecified atom stereocenters. The molecule has 44 heavy (non-hydrogen) atoms. The van der Waals surface area contributed by atoms with Crippen molar-refractivity contribution in [2.75, 3.05) is 6.54 Å². The van der Waals surface area contributed by atoms with Gasteiger partial charge in [-0.3, -0.25) is 10.1 Å². The minimum absolute atomic E-state index is 0.0108. The fourth-order valence-electron chi connectivity index (χ4n) is 4.98. The summed E-state index contributed by atoms with van der Waals surface area (Å²) < 4.78 is 13.1. The smallest absolute Gasteiger partial charge is 0.410 e. The zero-order valence-corrected chi connectivity index (χ0v) is 25.7. The summed E-state index contributed by atoms with van der Waals surface area (Å²) >= 11 is 0. The molecule has 4 rings (SSSR count). The number of fused-ring (bicyclic) bond motifs is 1. The third kappa shape index (κ3) is 8.44. The number of ether oxygens (including phenoxy) is 2. The fourth-order valence-corrected chi connectivity index (χ4v) is 4.98. The van der Waals surface area contributed by atoms with Gasteiger partial charge in [-0.05, 0) is 75.9 Å². The highest BCUT2D eigenvalue weighted by atomic mass is 16.6. The zero-order chi connectivity index (χ0) is 32.0. The first-order chi connectivity index (χ1) is 20.8. The van der Waals surface area contributed by atoms with Crippen molar-refractivity contribution in [3.05, 3.63) is 111 Å². The van der Waals surface area contributed by atoms with Crippen molar-refractivity contribution < 1.29 is 29.1 Å². The monoisotopic (exact) mass is 601 g/mol. The molecule has 1 heterocycles. The van der Waals surface area contributed by atoms with Gasteiger partial charge in [-0.25, -0.2) is 9.59 Å². The summed E-state index contributed by atoms with van der Waals surface area (Å²) in [6.45, 7) is 9.47. The zero-order valence-electron chi connectivity index (χ0n) is 25.7. The van der Waals surface area contributed by atoms with E-state index < -0.39 is 28.7 Å². The largest absolute Gasteiger partial charge is 0.456 e. The van der Waals surface area contributed by atoms with Crippen molar-refractivity contribution >= 4 is 28.7 Å². The van der Waals surface area contributed by atoms with Crippen LogP contribution in [0.5, 0.6) is 0 Å². The van der Waals surface area contributed by atoms with E-state index in [4.69, 9.17) is 9.47 Å². The first kappa shape index (κ1) is 32.2. The predicted octanol–water partition coefficient (Wildman–Crippen LogP) is 6.50. The summed E-state index contributed by atoms with van der Waals surface area (Å²) in [5, 5.41) is 22.0. The number of amides is 1. The molecule has 0 saturated heterocycles. The van der Waals surface area contributed by atoms with Crippen LogP contribution in [0.3, 0.4) is 0 Å². The van der Waals surface area contributed by atoms with Crippen LogP contribution in [-0.4, -0.2) is 55.9 Å². The van der Waals surface area contributed by atoms with E-state index in [0.29, 0.717) is 18.7 Å². The molecule has 1 aromatic heterocycles. The number of hydrogen-bond acceptors (Lipinski definition) is 7. The molecule has 10 nitrogen and oxygen atoms in total. The Morgan fingerprint density at radius 1 is 0.955 bits per heavy atom. The van der Waals surface area contributed by atoms with E-state index in [9.17, 15) is 24.8 Å². The lowest BCUT2D eigenvalue weighted by atomic mass is 10.0. The van der Waals surface area contributed by atoms with Crippen LogP contribution >= 0.6 is 0 Å². The lowest BCUT2D eigenvalue weighted by molar-refractivity contribution is -0.384. The summed E-state index contributed by atoms with van der Waals surface area (Å²) in [6.07, 6.45) is -0.738. The molecule has 0 spiro atoms. The Morgan fingerprint density at radius 3 is 2.23 bits per heavy atom. The quantitative estimate of drug-likeness (QED) is 0.118. The molecule has 3 aromatic carbocycles. The standard InChI is InChI=1S/C34H39N3O7/c1-23(35(20-24(2)38)33(40)44-34(3,4)5)17-27-13-16-30-28(18-27)19-31(32(39)43-22-26-9-7-6-8-10-26)36(30)21-25-11-14-29(15-12-25)37(41)42/h6-16,18-19,23-24,38H,17,20-22H2,1-5H3. The van der Waals surface area contributed by atoms with Crippen LogP contribution in [-0.2, 0) is 29.0 Å². The summed E-state index contributed by atoms with van der Waals surface area (Å²) in [7, 11) is 0. The Hall–Kier alpha value is -4.70. The van der Waals surface area contributed by atoms with E-state index in [1.807, 2.05) is 60.0 Å². The second kappa shape index (κ2) is 13.7. The van der Waals surface area contributed by atoms with Gasteiger partial charge >= 0.3 is 12.1 Å². The average Bonchev–Trinajstić information content (AvgIpc) is 3.31. The van der Waals surface area contributed by atoms with Gasteiger partial charge in [-0.2, -0.15) is 0 Å². The van der Waals surface area contributed by atoms with Crippen LogP contribution in [0.1, 0.15) is 61.8 Å². The van der Waals surface area contributed by atoms with Crippen molar-refractivity contribution in [2.45, 2.75) is 71.9 Å². The number of rotatable bonds is 11. The van der Waals surface area contributed by atoms with Gasteiger partial charge < -0.3 is 24.0 Å². The van der Waals surface area contributed by atoms with Gasteiger partial charge in [0.25, 0.3) is 5.69 Å². The number of carbonyl (C=O) groups excluding carboxylic acids is 2. The molecule has 0 fully saturated rings. The molecule has 10 heteroatoms. The first-order valence-electron chi connectivity index (χ1n) is 14.5. The Balaban J connectivity index is 1.64. The Bertz CT molecular complexity index is 1610. The van der Waals surface area contributed by atoms with E-state index in [0.717, 1.165) is 27.6 Å². The number of hydrogen-bond donors (Lipinski definition) is 1. The number of non-ortho nitro benzene ring substituents is 1. The number of aliphatic hydroxyl groups is 1. The number of nitro benzene ring substituents is 1. The van der Waals surface area contributed by atoms with E-state index >= 15 is 0 Å². The maximum Gasteiger partial charge on any atom is 0.410 e. The molecular weight excluding hydrogens is 562 g/mol. The topological polar surface area (TPSA) is 124 Å². The normalized spacial score (nSPS) is 12.9. The maximum absolute atomic E-state index is 13.4. The molecule has 2 atom stereocenters.